The van der Waals surface area contributed by atoms with Gasteiger partial charge in [0.1, 0.15) is 5.69 Å². The van der Waals surface area contributed by atoms with Gasteiger partial charge in [-0.2, -0.15) is 5.10 Å². The average molecular weight is 413 g/mol. The van der Waals surface area contributed by atoms with Crippen molar-refractivity contribution in [1.29, 1.82) is 0 Å². The van der Waals surface area contributed by atoms with Crippen LogP contribution >= 0.6 is 0 Å². The zero-order chi connectivity index (χ0) is 21.6. The van der Waals surface area contributed by atoms with Gasteiger partial charge in [-0.25, -0.2) is 9.67 Å². The topological polar surface area (TPSA) is 98.1 Å². The molecule has 0 fully saturated rings. The van der Waals surface area contributed by atoms with Crippen LogP contribution in [0.25, 0.3) is 16.9 Å². The van der Waals surface area contributed by atoms with Crippen LogP contribution in [0.3, 0.4) is 0 Å². The number of hydrazine groups is 1. The van der Waals surface area contributed by atoms with E-state index in [1.54, 1.807) is 23.0 Å². The number of amides is 2. The van der Waals surface area contributed by atoms with Gasteiger partial charge in [0.25, 0.3) is 11.8 Å². The monoisotopic (exact) mass is 413 g/mol. The molecule has 8 heteroatoms. The summed E-state index contributed by atoms with van der Waals surface area (Å²) >= 11 is 0. The van der Waals surface area contributed by atoms with Crippen LogP contribution < -0.4 is 15.6 Å². The van der Waals surface area contributed by atoms with Gasteiger partial charge in [-0.15, -0.1) is 0 Å². The molecule has 31 heavy (non-hydrogen) atoms. The Morgan fingerprint density at radius 1 is 0.871 bits per heavy atom. The van der Waals surface area contributed by atoms with E-state index in [1.807, 2.05) is 60.7 Å². The van der Waals surface area contributed by atoms with Crippen LogP contribution in [0.2, 0.25) is 0 Å². The predicted octanol–water partition coefficient (Wildman–Crippen LogP) is 3.02. The molecular formula is C23H19N5O3. The first-order valence-corrected chi connectivity index (χ1v) is 9.47. The van der Waals surface area contributed by atoms with Crippen molar-refractivity contribution in [1.82, 2.24) is 25.6 Å². The molecule has 4 aromatic rings. The summed E-state index contributed by atoms with van der Waals surface area (Å²) in [5, 5.41) is 4.60. The first-order valence-electron chi connectivity index (χ1n) is 9.47. The summed E-state index contributed by atoms with van der Waals surface area (Å²) in [5.74, 6) is -0.600. The molecule has 0 atom stereocenters. The summed E-state index contributed by atoms with van der Waals surface area (Å²) in [6.07, 6.45) is 3.00. The van der Waals surface area contributed by atoms with Crippen LogP contribution in [0.4, 0.5) is 0 Å². The smallest absolute Gasteiger partial charge is 0.273 e. The lowest BCUT2D eigenvalue weighted by molar-refractivity contribution is 0.0846. The minimum absolute atomic E-state index is 0.282. The summed E-state index contributed by atoms with van der Waals surface area (Å²) in [4.78, 5) is 29.2. The van der Waals surface area contributed by atoms with Crippen LogP contribution in [-0.2, 0) is 0 Å². The number of rotatable bonds is 5. The zero-order valence-corrected chi connectivity index (χ0v) is 16.6. The molecule has 0 bridgehead atoms. The summed E-state index contributed by atoms with van der Waals surface area (Å²) < 4.78 is 6.61. The Hall–Kier alpha value is -4.46. The molecule has 0 aliphatic carbocycles. The standard InChI is InChI=1S/C23H19N5O3/c1-31-20-13-12-17(14-24-20)22(29)25-26-23(30)19-15-28(18-10-6-3-7-11-18)27-21(19)16-8-4-2-5-9-16/h2-15H,1H3,(H,25,29)(H,26,30). The second kappa shape index (κ2) is 8.91. The van der Waals surface area contributed by atoms with Gasteiger partial charge in [-0.3, -0.25) is 20.4 Å². The second-order valence-corrected chi connectivity index (χ2v) is 6.54. The maximum atomic E-state index is 12.9. The molecule has 8 nitrogen and oxygen atoms in total. The highest BCUT2D eigenvalue weighted by Crippen LogP contribution is 2.23. The van der Waals surface area contributed by atoms with Crippen LogP contribution in [0.5, 0.6) is 5.88 Å². The number of hydrogen-bond acceptors (Lipinski definition) is 5. The van der Waals surface area contributed by atoms with Crippen molar-refractivity contribution in [3.63, 3.8) is 0 Å². The number of carbonyl (C=O) groups is 2. The van der Waals surface area contributed by atoms with E-state index in [0.717, 1.165) is 11.3 Å². The number of pyridine rings is 1. The second-order valence-electron chi connectivity index (χ2n) is 6.54. The van der Waals surface area contributed by atoms with Gasteiger partial charge in [0.2, 0.25) is 5.88 Å². The van der Waals surface area contributed by atoms with Crippen molar-refractivity contribution in [3.05, 3.63) is 96.3 Å². The quantitative estimate of drug-likeness (QED) is 0.490. The highest BCUT2D eigenvalue weighted by Gasteiger charge is 2.19. The molecule has 2 aromatic carbocycles. The Morgan fingerprint density at radius 3 is 2.19 bits per heavy atom. The highest BCUT2D eigenvalue weighted by molar-refractivity contribution is 6.02. The van der Waals surface area contributed by atoms with Crippen molar-refractivity contribution in [3.8, 4) is 22.8 Å². The number of hydrogen-bond donors (Lipinski definition) is 2. The van der Waals surface area contributed by atoms with Gasteiger partial charge >= 0.3 is 0 Å². The Kier molecular flexibility index (Phi) is 5.70. The fraction of sp³-hybridized carbons (Fsp3) is 0.0435. The molecular weight excluding hydrogens is 394 g/mol. The number of benzene rings is 2. The molecule has 0 unspecified atom stereocenters. The summed E-state index contributed by atoms with van der Waals surface area (Å²) in [5.41, 5.74) is 7.56. The zero-order valence-electron chi connectivity index (χ0n) is 16.6. The summed E-state index contributed by atoms with van der Waals surface area (Å²) in [7, 11) is 1.49. The van der Waals surface area contributed by atoms with Crippen molar-refractivity contribution >= 4 is 11.8 Å². The predicted molar refractivity (Wildman–Crippen MR) is 115 cm³/mol. The van der Waals surface area contributed by atoms with E-state index in [2.05, 4.69) is 20.9 Å². The van der Waals surface area contributed by atoms with Gasteiger partial charge < -0.3 is 4.74 Å². The summed E-state index contributed by atoms with van der Waals surface area (Å²) in [6, 6.07) is 22.0. The van der Waals surface area contributed by atoms with Crippen molar-refractivity contribution in [2.45, 2.75) is 0 Å². The van der Waals surface area contributed by atoms with Crippen molar-refractivity contribution < 1.29 is 14.3 Å². The number of nitrogens with zero attached hydrogens (tertiary/aromatic N) is 3. The molecule has 2 aromatic heterocycles. The third-order valence-corrected chi connectivity index (χ3v) is 4.52. The molecule has 2 amide bonds. The largest absolute Gasteiger partial charge is 0.481 e. The van der Waals surface area contributed by atoms with Gasteiger partial charge in [0.15, 0.2) is 0 Å². The van der Waals surface area contributed by atoms with Crippen LogP contribution in [0.1, 0.15) is 20.7 Å². The van der Waals surface area contributed by atoms with Gasteiger partial charge in [0.05, 0.1) is 23.9 Å². The Morgan fingerprint density at radius 2 is 1.55 bits per heavy atom. The normalized spacial score (nSPS) is 10.4. The van der Waals surface area contributed by atoms with E-state index in [0.29, 0.717) is 17.1 Å². The molecule has 0 spiro atoms. The van der Waals surface area contributed by atoms with Crippen LogP contribution in [0.15, 0.2) is 85.2 Å². The van der Waals surface area contributed by atoms with E-state index in [1.165, 1.54) is 13.3 Å². The Balaban J connectivity index is 1.57. The third kappa shape index (κ3) is 4.43. The van der Waals surface area contributed by atoms with E-state index in [-0.39, 0.29) is 5.56 Å². The number of para-hydroxylation sites is 1. The van der Waals surface area contributed by atoms with E-state index in [4.69, 9.17) is 4.74 Å². The molecule has 0 radical (unpaired) electrons. The van der Waals surface area contributed by atoms with Crippen molar-refractivity contribution in [2.75, 3.05) is 7.11 Å². The Bertz CT molecular complexity index is 1190. The Labute approximate surface area is 178 Å². The number of aromatic nitrogens is 3. The molecule has 0 saturated heterocycles. The fourth-order valence-electron chi connectivity index (χ4n) is 2.95. The average Bonchev–Trinajstić information content (AvgIpc) is 3.29. The molecule has 0 aliphatic rings. The van der Waals surface area contributed by atoms with E-state index < -0.39 is 11.8 Å². The molecule has 154 valence electrons. The van der Waals surface area contributed by atoms with Gasteiger partial charge in [-0.05, 0) is 18.2 Å². The highest BCUT2D eigenvalue weighted by atomic mass is 16.5. The van der Waals surface area contributed by atoms with Crippen LogP contribution in [0, 0.1) is 0 Å². The molecule has 0 saturated carbocycles. The minimum Gasteiger partial charge on any atom is -0.481 e. The lowest BCUT2D eigenvalue weighted by Gasteiger charge is -2.07. The SMILES string of the molecule is COc1ccc(C(=O)NNC(=O)c2cn(-c3ccccc3)nc2-c2ccccc2)cn1. The number of carbonyl (C=O) groups excluding carboxylic acids is 2. The van der Waals surface area contributed by atoms with E-state index >= 15 is 0 Å². The molecule has 0 aliphatic heterocycles. The van der Waals surface area contributed by atoms with Gasteiger partial charge in [-0.1, -0.05) is 48.5 Å². The number of nitrogens with one attached hydrogen (secondary N) is 2. The first-order chi connectivity index (χ1) is 15.2. The summed E-state index contributed by atoms with van der Waals surface area (Å²) in [6.45, 7) is 0. The lowest BCUT2D eigenvalue weighted by Crippen LogP contribution is -2.41. The molecule has 2 N–H and O–H groups in total. The van der Waals surface area contributed by atoms with Gasteiger partial charge in [0, 0.05) is 24.0 Å². The lowest BCUT2D eigenvalue weighted by atomic mass is 10.1. The van der Waals surface area contributed by atoms with Crippen molar-refractivity contribution in [2.24, 2.45) is 0 Å². The molecule has 2 heterocycles. The number of ether oxygens (including phenoxy) is 1. The minimum atomic E-state index is -0.500. The first kappa shape index (κ1) is 19.8. The maximum absolute atomic E-state index is 12.9. The number of methoxy groups -OCH3 is 1. The maximum Gasteiger partial charge on any atom is 0.273 e. The van der Waals surface area contributed by atoms with E-state index in [9.17, 15) is 9.59 Å². The third-order valence-electron chi connectivity index (χ3n) is 4.52. The van der Waals surface area contributed by atoms with Crippen LogP contribution in [-0.4, -0.2) is 33.7 Å². The fourth-order valence-corrected chi connectivity index (χ4v) is 2.95. The molecule has 4 rings (SSSR count).